The standard InChI is InChI=1S/C16H15N3/c1-10-15-14(19-16(17-10)12-7-8-12)9-13(18-15)11-5-3-2-4-6-11/h2-6,9,12,18H,7-8H2,1H3. The Morgan fingerprint density at radius 2 is 1.89 bits per heavy atom. The fourth-order valence-electron chi connectivity index (χ4n) is 2.48. The van der Waals surface area contributed by atoms with Crippen LogP contribution in [0.5, 0.6) is 0 Å². The highest BCUT2D eigenvalue weighted by molar-refractivity contribution is 5.84. The Labute approximate surface area is 111 Å². The molecule has 1 saturated carbocycles. The van der Waals surface area contributed by atoms with Crippen LogP contribution in [0.1, 0.15) is 30.3 Å². The van der Waals surface area contributed by atoms with Gasteiger partial charge in [-0.25, -0.2) is 9.97 Å². The second-order valence-electron chi connectivity index (χ2n) is 5.25. The van der Waals surface area contributed by atoms with Crippen LogP contribution in [-0.4, -0.2) is 15.0 Å². The number of aromatic amines is 1. The van der Waals surface area contributed by atoms with Crippen LogP contribution < -0.4 is 0 Å². The lowest BCUT2D eigenvalue weighted by Gasteiger charge is -2.00. The quantitative estimate of drug-likeness (QED) is 0.750. The van der Waals surface area contributed by atoms with Crippen molar-refractivity contribution in [3.05, 3.63) is 47.9 Å². The van der Waals surface area contributed by atoms with Gasteiger partial charge in [0, 0.05) is 11.6 Å². The largest absolute Gasteiger partial charge is 0.352 e. The maximum Gasteiger partial charge on any atom is 0.132 e. The summed E-state index contributed by atoms with van der Waals surface area (Å²) in [5.74, 6) is 1.61. The van der Waals surface area contributed by atoms with Crippen LogP contribution in [0, 0.1) is 6.92 Å². The fourth-order valence-corrected chi connectivity index (χ4v) is 2.48. The van der Waals surface area contributed by atoms with Crippen molar-refractivity contribution < 1.29 is 0 Å². The maximum atomic E-state index is 4.70. The number of fused-ring (bicyclic) bond motifs is 1. The molecule has 19 heavy (non-hydrogen) atoms. The van der Waals surface area contributed by atoms with Crippen LogP contribution in [0.3, 0.4) is 0 Å². The van der Waals surface area contributed by atoms with Gasteiger partial charge in [0.25, 0.3) is 0 Å². The molecule has 3 aromatic rings. The van der Waals surface area contributed by atoms with Gasteiger partial charge in [0.1, 0.15) is 5.82 Å². The van der Waals surface area contributed by atoms with Crippen molar-refractivity contribution in [1.29, 1.82) is 0 Å². The van der Waals surface area contributed by atoms with E-state index in [1.54, 1.807) is 0 Å². The molecule has 0 spiro atoms. The third-order valence-electron chi connectivity index (χ3n) is 3.70. The summed E-state index contributed by atoms with van der Waals surface area (Å²) in [7, 11) is 0. The molecular weight excluding hydrogens is 234 g/mol. The van der Waals surface area contributed by atoms with E-state index < -0.39 is 0 Å². The van der Waals surface area contributed by atoms with E-state index in [-0.39, 0.29) is 0 Å². The molecule has 1 N–H and O–H groups in total. The molecule has 3 nitrogen and oxygen atoms in total. The zero-order chi connectivity index (χ0) is 12.8. The molecule has 1 aromatic carbocycles. The number of hydrogen-bond acceptors (Lipinski definition) is 2. The Balaban J connectivity index is 1.89. The van der Waals surface area contributed by atoms with Crippen LogP contribution in [0.25, 0.3) is 22.3 Å². The number of nitrogens with one attached hydrogen (secondary N) is 1. The molecule has 2 aromatic heterocycles. The van der Waals surface area contributed by atoms with Crippen molar-refractivity contribution >= 4 is 11.0 Å². The lowest BCUT2D eigenvalue weighted by atomic mass is 10.2. The van der Waals surface area contributed by atoms with E-state index in [0.717, 1.165) is 28.2 Å². The van der Waals surface area contributed by atoms with E-state index in [9.17, 15) is 0 Å². The predicted molar refractivity (Wildman–Crippen MR) is 76.0 cm³/mol. The third kappa shape index (κ3) is 1.82. The minimum Gasteiger partial charge on any atom is -0.352 e. The summed E-state index contributed by atoms with van der Waals surface area (Å²) < 4.78 is 0. The van der Waals surface area contributed by atoms with Crippen LogP contribution in [0.2, 0.25) is 0 Å². The van der Waals surface area contributed by atoms with E-state index in [1.165, 1.54) is 18.4 Å². The summed E-state index contributed by atoms with van der Waals surface area (Å²) in [5, 5.41) is 0. The van der Waals surface area contributed by atoms with Crippen LogP contribution in [0.15, 0.2) is 36.4 Å². The first-order valence-corrected chi connectivity index (χ1v) is 6.74. The number of aromatic nitrogens is 3. The monoisotopic (exact) mass is 249 g/mol. The molecule has 0 bridgehead atoms. The van der Waals surface area contributed by atoms with Gasteiger partial charge in [0.15, 0.2) is 0 Å². The normalized spacial score (nSPS) is 15.0. The van der Waals surface area contributed by atoms with Crippen molar-refractivity contribution in [2.75, 3.05) is 0 Å². The van der Waals surface area contributed by atoms with Crippen LogP contribution in [0.4, 0.5) is 0 Å². The molecular formula is C16H15N3. The molecule has 4 rings (SSSR count). The summed E-state index contributed by atoms with van der Waals surface area (Å²) in [4.78, 5) is 12.8. The Morgan fingerprint density at radius 3 is 2.63 bits per heavy atom. The summed E-state index contributed by atoms with van der Waals surface area (Å²) in [6.45, 7) is 2.06. The van der Waals surface area contributed by atoms with Crippen LogP contribution in [-0.2, 0) is 0 Å². The molecule has 0 atom stereocenters. The van der Waals surface area contributed by atoms with E-state index in [0.29, 0.717) is 5.92 Å². The van der Waals surface area contributed by atoms with Gasteiger partial charge in [-0.2, -0.15) is 0 Å². The number of H-pyrrole nitrogens is 1. The minimum atomic E-state index is 0.596. The van der Waals surface area contributed by atoms with Gasteiger partial charge in [0.2, 0.25) is 0 Å². The second kappa shape index (κ2) is 3.92. The fraction of sp³-hybridized carbons (Fsp3) is 0.250. The molecule has 0 radical (unpaired) electrons. The number of aryl methyl sites for hydroxylation is 1. The van der Waals surface area contributed by atoms with Gasteiger partial charge in [0.05, 0.1) is 16.7 Å². The number of rotatable bonds is 2. The summed E-state index contributed by atoms with van der Waals surface area (Å²) in [6.07, 6.45) is 2.47. The Hall–Kier alpha value is -2.16. The highest BCUT2D eigenvalue weighted by Crippen LogP contribution is 2.39. The SMILES string of the molecule is Cc1nc(C2CC2)nc2cc(-c3ccccc3)[nH]c12. The lowest BCUT2D eigenvalue weighted by molar-refractivity contribution is 0.928. The Morgan fingerprint density at radius 1 is 1.11 bits per heavy atom. The van der Waals surface area contributed by atoms with Crippen molar-refractivity contribution in [3.8, 4) is 11.3 Å². The average molecular weight is 249 g/mol. The molecule has 1 aliphatic carbocycles. The Kier molecular flexibility index (Phi) is 2.21. The van der Waals surface area contributed by atoms with Gasteiger partial charge >= 0.3 is 0 Å². The van der Waals surface area contributed by atoms with Crippen molar-refractivity contribution in [2.45, 2.75) is 25.7 Å². The summed E-state index contributed by atoms with van der Waals surface area (Å²) >= 11 is 0. The van der Waals surface area contributed by atoms with Gasteiger partial charge in [-0.1, -0.05) is 30.3 Å². The highest BCUT2D eigenvalue weighted by Gasteiger charge is 2.27. The zero-order valence-electron chi connectivity index (χ0n) is 10.9. The van der Waals surface area contributed by atoms with Crippen molar-refractivity contribution in [1.82, 2.24) is 15.0 Å². The van der Waals surface area contributed by atoms with Gasteiger partial charge in [-0.15, -0.1) is 0 Å². The molecule has 3 heteroatoms. The maximum absolute atomic E-state index is 4.70. The molecule has 1 aliphatic rings. The van der Waals surface area contributed by atoms with Gasteiger partial charge < -0.3 is 4.98 Å². The highest BCUT2D eigenvalue weighted by atomic mass is 14.9. The lowest BCUT2D eigenvalue weighted by Crippen LogP contribution is -1.95. The minimum absolute atomic E-state index is 0.596. The van der Waals surface area contributed by atoms with Crippen molar-refractivity contribution in [2.24, 2.45) is 0 Å². The number of hydrogen-bond donors (Lipinski definition) is 1. The van der Waals surface area contributed by atoms with Gasteiger partial charge in [-0.3, -0.25) is 0 Å². The molecule has 1 fully saturated rings. The average Bonchev–Trinajstić information content (AvgIpc) is 3.19. The first kappa shape index (κ1) is 10.7. The van der Waals surface area contributed by atoms with Gasteiger partial charge in [-0.05, 0) is 31.4 Å². The number of nitrogens with zero attached hydrogens (tertiary/aromatic N) is 2. The van der Waals surface area contributed by atoms with Crippen LogP contribution >= 0.6 is 0 Å². The summed E-state index contributed by atoms with van der Waals surface area (Å²) in [6, 6.07) is 12.5. The molecule has 2 heterocycles. The zero-order valence-corrected chi connectivity index (χ0v) is 10.9. The predicted octanol–water partition coefficient (Wildman–Crippen LogP) is 3.81. The molecule has 0 amide bonds. The van der Waals surface area contributed by atoms with Crippen molar-refractivity contribution in [3.63, 3.8) is 0 Å². The smallest absolute Gasteiger partial charge is 0.132 e. The molecule has 0 aliphatic heterocycles. The topological polar surface area (TPSA) is 41.6 Å². The molecule has 94 valence electrons. The third-order valence-corrected chi connectivity index (χ3v) is 3.70. The van der Waals surface area contributed by atoms with E-state index in [1.807, 2.05) is 6.07 Å². The first-order chi connectivity index (χ1) is 9.31. The number of benzene rings is 1. The van der Waals surface area contributed by atoms with E-state index in [4.69, 9.17) is 4.98 Å². The first-order valence-electron chi connectivity index (χ1n) is 6.74. The van der Waals surface area contributed by atoms with E-state index >= 15 is 0 Å². The second-order valence-corrected chi connectivity index (χ2v) is 5.25. The van der Waals surface area contributed by atoms with E-state index in [2.05, 4.69) is 47.2 Å². The summed E-state index contributed by atoms with van der Waals surface area (Å²) in [5.41, 5.74) is 5.44. The molecule has 0 unspecified atom stereocenters. The Bertz CT molecular complexity index is 739. The molecule has 0 saturated heterocycles.